The fourth-order valence-electron chi connectivity index (χ4n) is 1.86. The number of nitrogens with one attached hydrogen (secondary N) is 1. The van der Waals surface area contributed by atoms with Crippen LogP contribution in [0.2, 0.25) is 0 Å². The highest BCUT2D eigenvalue weighted by molar-refractivity contribution is 7.13. The largest absolute Gasteiger partial charge is 0.469 e. The van der Waals surface area contributed by atoms with E-state index < -0.39 is 0 Å². The van der Waals surface area contributed by atoms with Gasteiger partial charge in [-0.25, -0.2) is 9.99 Å². The van der Waals surface area contributed by atoms with Crippen molar-refractivity contribution in [2.24, 2.45) is 0 Å². The smallest absolute Gasteiger partial charge is 0.305 e. The summed E-state index contributed by atoms with van der Waals surface area (Å²) < 4.78 is 4.62. The van der Waals surface area contributed by atoms with Crippen LogP contribution in [-0.4, -0.2) is 61.2 Å². The molecule has 0 aromatic carbocycles. The van der Waals surface area contributed by atoms with Crippen molar-refractivity contribution in [1.82, 2.24) is 14.9 Å². The van der Waals surface area contributed by atoms with Crippen LogP contribution in [0.15, 0.2) is 5.38 Å². The average molecular weight is 284 g/mol. The molecular weight excluding hydrogens is 264 g/mol. The molecule has 19 heavy (non-hydrogen) atoms. The Bertz CT molecular complexity index is 416. The van der Waals surface area contributed by atoms with Crippen LogP contribution in [0.3, 0.4) is 0 Å². The van der Waals surface area contributed by atoms with Crippen molar-refractivity contribution in [2.45, 2.75) is 12.8 Å². The number of ether oxygens (including phenoxy) is 1. The molecule has 0 unspecified atom stereocenters. The lowest BCUT2D eigenvalue weighted by Crippen LogP contribution is -2.46. The van der Waals surface area contributed by atoms with Gasteiger partial charge in [0.2, 0.25) is 0 Å². The number of aromatic nitrogens is 1. The number of esters is 1. The Morgan fingerprint density at radius 1 is 1.47 bits per heavy atom. The minimum atomic E-state index is -0.193. The van der Waals surface area contributed by atoms with Gasteiger partial charge in [0.05, 0.1) is 19.2 Å². The summed E-state index contributed by atoms with van der Waals surface area (Å²) in [7, 11) is 3.54. The Morgan fingerprint density at radius 2 is 2.21 bits per heavy atom. The molecule has 1 aromatic heterocycles. The molecule has 1 aliphatic rings. The third-order valence-corrected chi connectivity index (χ3v) is 3.92. The molecule has 106 valence electrons. The Kier molecular flexibility index (Phi) is 5.12. The molecule has 1 saturated heterocycles. The normalized spacial score (nSPS) is 17.4. The van der Waals surface area contributed by atoms with Gasteiger partial charge in [-0.05, 0) is 7.05 Å². The Hall–Kier alpha value is -1.18. The van der Waals surface area contributed by atoms with Crippen LogP contribution in [0.25, 0.3) is 0 Å². The number of rotatable bonds is 5. The number of carbonyl (C=O) groups is 1. The number of hydrogen-bond acceptors (Lipinski definition) is 7. The number of thiazole rings is 1. The number of methoxy groups -OCH3 is 1. The Morgan fingerprint density at radius 3 is 2.89 bits per heavy atom. The fraction of sp³-hybridized carbons (Fsp3) is 0.667. The molecule has 0 spiro atoms. The van der Waals surface area contributed by atoms with E-state index in [1.54, 1.807) is 11.3 Å². The van der Waals surface area contributed by atoms with E-state index in [0.29, 0.717) is 12.8 Å². The summed E-state index contributed by atoms with van der Waals surface area (Å²) in [5.41, 5.74) is 4.26. The van der Waals surface area contributed by atoms with Crippen molar-refractivity contribution >= 4 is 22.4 Å². The predicted molar refractivity (Wildman–Crippen MR) is 75.1 cm³/mol. The maximum Gasteiger partial charge on any atom is 0.305 e. The molecule has 0 bridgehead atoms. The van der Waals surface area contributed by atoms with Gasteiger partial charge in [-0.15, -0.1) is 11.3 Å². The number of hydrazine groups is 1. The Labute approximate surface area is 117 Å². The number of anilines is 1. The van der Waals surface area contributed by atoms with Crippen molar-refractivity contribution < 1.29 is 9.53 Å². The predicted octanol–water partition coefficient (Wildman–Crippen LogP) is 0.823. The second kappa shape index (κ2) is 6.83. The average Bonchev–Trinajstić information content (AvgIpc) is 2.86. The first kappa shape index (κ1) is 14.2. The maximum absolute atomic E-state index is 11.1. The lowest BCUT2D eigenvalue weighted by molar-refractivity contribution is -0.140. The summed E-state index contributed by atoms with van der Waals surface area (Å²) in [5, 5.41) is 5.06. The second-order valence-electron chi connectivity index (χ2n) is 4.62. The molecule has 7 heteroatoms. The maximum atomic E-state index is 11.1. The lowest BCUT2D eigenvalue weighted by atomic mass is 10.2. The van der Waals surface area contributed by atoms with E-state index >= 15 is 0 Å². The van der Waals surface area contributed by atoms with Crippen LogP contribution in [0, 0.1) is 0 Å². The minimum absolute atomic E-state index is 0.193. The monoisotopic (exact) mass is 284 g/mol. The van der Waals surface area contributed by atoms with E-state index in [-0.39, 0.29) is 5.97 Å². The molecule has 1 aromatic rings. The fourth-order valence-corrected chi connectivity index (χ4v) is 2.63. The Balaban J connectivity index is 1.79. The zero-order valence-corrected chi connectivity index (χ0v) is 12.2. The third kappa shape index (κ3) is 4.45. The van der Waals surface area contributed by atoms with E-state index in [9.17, 15) is 4.79 Å². The highest BCUT2D eigenvalue weighted by atomic mass is 32.1. The first-order valence-corrected chi connectivity index (χ1v) is 7.26. The van der Waals surface area contributed by atoms with Gasteiger partial charge in [-0.1, -0.05) is 0 Å². The molecular formula is C12H20N4O2S. The van der Waals surface area contributed by atoms with Gasteiger partial charge in [0.25, 0.3) is 0 Å². The van der Waals surface area contributed by atoms with Crippen molar-refractivity contribution in [2.75, 3.05) is 45.8 Å². The van der Waals surface area contributed by atoms with Crippen LogP contribution in [0.1, 0.15) is 12.1 Å². The lowest BCUT2D eigenvalue weighted by Gasteiger charge is -2.32. The highest BCUT2D eigenvalue weighted by Crippen LogP contribution is 2.17. The van der Waals surface area contributed by atoms with Crippen molar-refractivity contribution in [3.05, 3.63) is 11.1 Å². The standard InChI is InChI=1S/C12H20N4O2S/c1-15-5-7-16(8-6-15)14-12-13-10(9-19-12)3-4-11(17)18-2/h9H,3-8H2,1-2H3,(H,13,14). The van der Waals surface area contributed by atoms with Crippen LogP contribution in [0.5, 0.6) is 0 Å². The molecule has 0 aliphatic carbocycles. The van der Waals surface area contributed by atoms with Gasteiger partial charge < -0.3 is 9.64 Å². The number of nitrogens with zero attached hydrogens (tertiary/aromatic N) is 3. The summed E-state index contributed by atoms with van der Waals surface area (Å²) in [5.74, 6) is -0.193. The van der Waals surface area contributed by atoms with Gasteiger partial charge in [0.15, 0.2) is 5.13 Å². The van der Waals surface area contributed by atoms with Gasteiger partial charge in [0.1, 0.15) is 0 Å². The quantitative estimate of drug-likeness (QED) is 0.808. The summed E-state index contributed by atoms with van der Waals surface area (Å²) in [4.78, 5) is 17.8. The SMILES string of the molecule is COC(=O)CCc1csc(NN2CCN(C)CC2)n1. The molecule has 2 heterocycles. The van der Waals surface area contributed by atoms with Crippen molar-refractivity contribution in [3.8, 4) is 0 Å². The zero-order chi connectivity index (χ0) is 13.7. The van der Waals surface area contributed by atoms with E-state index in [4.69, 9.17) is 0 Å². The van der Waals surface area contributed by atoms with Gasteiger partial charge in [-0.2, -0.15) is 0 Å². The number of carbonyl (C=O) groups excluding carboxylic acids is 1. The summed E-state index contributed by atoms with van der Waals surface area (Å²) >= 11 is 1.57. The molecule has 0 atom stereocenters. The summed E-state index contributed by atoms with van der Waals surface area (Å²) in [6, 6.07) is 0. The van der Waals surface area contributed by atoms with Crippen LogP contribution in [-0.2, 0) is 16.0 Å². The van der Waals surface area contributed by atoms with E-state index in [1.807, 2.05) is 5.38 Å². The topological polar surface area (TPSA) is 57.7 Å². The molecule has 0 radical (unpaired) electrons. The van der Waals surface area contributed by atoms with Crippen LogP contribution >= 0.6 is 11.3 Å². The number of piperazine rings is 1. The summed E-state index contributed by atoms with van der Waals surface area (Å²) in [6.07, 6.45) is 1.02. The van der Waals surface area contributed by atoms with E-state index in [2.05, 4.69) is 32.1 Å². The summed E-state index contributed by atoms with van der Waals surface area (Å²) in [6.45, 7) is 4.11. The number of aryl methyl sites for hydroxylation is 1. The highest BCUT2D eigenvalue weighted by Gasteiger charge is 2.14. The van der Waals surface area contributed by atoms with Crippen molar-refractivity contribution in [1.29, 1.82) is 0 Å². The van der Waals surface area contributed by atoms with Crippen LogP contribution in [0.4, 0.5) is 5.13 Å². The van der Waals surface area contributed by atoms with Crippen LogP contribution < -0.4 is 5.43 Å². The van der Waals surface area contributed by atoms with Gasteiger partial charge in [-0.3, -0.25) is 10.2 Å². The third-order valence-electron chi connectivity index (χ3n) is 3.12. The van der Waals surface area contributed by atoms with Crippen molar-refractivity contribution in [3.63, 3.8) is 0 Å². The molecule has 2 rings (SSSR count). The molecule has 0 saturated carbocycles. The zero-order valence-electron chi connectivity index (χ0n) is 11.4. The molecule has 0 amide bonds. The van der Waals surface area contributed by atoms with Gasteiger partial charge in [0, 0.05) is 38.0 Å². The van der Waals surface area contributed by atoms with E-state index in [1.165, 1.54) is 7.11 Å². The second-order valence-corrected chi connectivity index (χ2v) is 5.48. The minimum Gasteiger partial charge on any atom is -0.469 e. The number of hydrogen-bond donors (Lipinski definition) is 1. The molecule has 1 N–H and O–H groups in total. The molecule has 6 nitrogen and oxygen atoms in total. The van der Waals surface area contributed by atoms with E-state index in [0.717, 1.165) is 37.0 Å². The first-order valence-electron chi connectivity index (χ1n) is 6.39. The molecule has 1 fully saturated rings. The number of likely N-dealkylation sites (N-methyl/N-ethyl adjacent to an activating group) is 1. The first-order chi connectivity index (χ1) is 9.17. The van der Waals surface area contributed by atoms with Gasteiger partial charge >= 0.3 is 5.97 Å². The molecule has 1 aliphatic heterocycles.